The third kappa shape index (κ3) is 6.57. The maximum atomic E-state index is 2.41. The van der Waals surface area contributed by atoms with Gasteiger partial charge >= 0.3 is 0 Å². The minimum Gasteiger partial charge on any atom is -0.310 e. The molecule has 0 bridgehead atoms. The van der Waals surface area contributed by atoms with Crippen LogP contribution in [0.4, 0.5) is 17.1 Å². The van der Waals surface area contributed by atoms with Crippen molar-refractivity contribution in [3.63, 3.8) is 0 Å². The first-order chi connectivity index (χ1) is 32.0. The van der Waals surface area contributed by atoms with Crippen molar-refractivity contribution in [2.24, 2.45) is 0 Å². The Balaban J connectivity index is 0.886. The van der Waals surface area contributed by atoms with Gasteiger partial charge in [0.1, 0.15) is 0 Å². The maximum absolute atomic E-state index is 2.41. The molecule has 0 unspecified atom stereocenters. The lowest BCUT2D eigenvalue weighted by Gasteiger charge is -2.28. The van der Waals surface area contributed by atoms with Crippen LogP contribution in [-0.2, 0) is 5.41 Å². The number of nitrogens with zero attached hydrogens (tertiary/aromatic N) is 2. The average molecular weight is 831 g/mol. The molecular weight excluding hydrogens is 785 g/mol. The molecule has 0 N–H and O–H groups in total. The van der Waals surface area contributed by atoms with E-state index in [1.165, 1.54) is 94.3 Å². The van der Waals surface area contributed by atoms with E-state index in [9.17, 15) is 0 Å². The minimum atomic E-state index is -0.108. The smallest absolute Gasteiger partial charge is 0.0541 e. The summed E-state index contributed by atoms with van der Waals surface area (Å²) < 4.78 is 2.41. The van der Waals surface area contributed by atoms with E-state index in [1.807, 2.05) is 0 Å². The third-order valence-corrected chi connectivity index (χ3v) is 13.7. The number of para-hydroxylation sites is 3. The number of fused-ring (bicyclic) bond motifs is 6. The normalized spacial score (nSPS) is 12.6. The van der Waals surface area contributed by atoms with Crippen LogP contribution in [0.1, 0.15) is 25.0 Å². The lowest BCUT2D eigenvalue weighted by molar-refractivity contribution is 0.660. The van der Waals surface area contributed by atoms with Gasteiger partial charge in [-0.25, -0.2) is 0 Å². The van der Waals surface area contributed by atoms with E-state index < -0.39 is 0 Å². The molecule has 2 heteroatoms. The highest BCUT2D eigenvalue weighted by Crippen LogP contribution is 2.51. The Morgan fingerprint density at radius 3 is 1.28 bits per heavy atom. The molecule has 12 rings (SSSR count). The summed E-state index contributed by atoms with van der Waals surface area (Å²) in [6.45, 7) is 4.71. The molecule has 1 aliphatic carbocycles. The number of rotatable bonds is 8. The van der Waals surface area contributed by atoms with Crippen LogP contribution >= 0.6 is 0 Å². The van der Waals surface area contributed by atoms with E-state index in [0.717, 1.165) is 17.1 Å². The van der Waals surface area contributed by atoms with Crippen molar-refractivity contribution >= 4 is 38.9 Å². The molecule has 1 heterocycles. The lowest BCUT2D eigenvalue weighted by atomic mass is 9.82. The minimum absolute atomic E-state index is 0.108. The van der Waals surface area contributed by atoms with Gasteiger partial charge in [-0.05, 0) is 116 Å². The molecule has 1 aliphatic rings. The molecule has 0 atom stereocenters. The zero-order chi connectivity index (χ0) is 43.5. The van der Waals surface area contributed by atoms with Gasteiger partial charge in [-0.15, -0.1) is 0 Å². The molecule has 0 aliphatic heterocycles. The first-order valence-electron chi connectivity index (χ1n) is 22.6. The molecule has 0 spiro atoms. The predicted molar refractivity (Wildman–Crippen MR) is 275 cm³/mol. The van der Waals surface area contributed by atoms with Crippen molar-refractivity contribution in [1.29, 1.82) is 0 Å². The summed E-state index contributed by atoms with van der Waals surface area (Å²) in [6, 6.07) is 88.7. The van der Waals surface area contributed by atoms with Gasteiger partial charge in [-0.1, -0.05) is 202 Å². The highest BCUT2D eigenvalue weighted by molar-refractivity contribution is 6.09. The Morgan fingerprint density at radius 1 is 0.308 bits per heavy atom. The van der Waals surface area contributed by atoms with Crippen molar-refractivity contribution in [1.82, 2.24) is 4.57 Å². The fourth-order valence-corrected chi connectivity index (χ4v) is 10.3. The Kier molecular flexibility index (Phi) is 9.21. The molecule has 0 radical (unpaired) electrons. The Morgan fingerprint density at radius 2 is 0.708 bits per heavy atom. The van der Waals surface area contributed by atoms with E-state index in [1.54, 1.807) is 0 Å². The van der Waals surface area contributed by atoms with Crippen molar-refractivity contribution < 1.29 is 0 Å². The molecular formula is C63H46N2. The standard InChI is InChI=1S/C63H46N2/c1-63(2)58-20-10-6-17-54(58)55-41-40-52(42-59(55)63)64(50-36-32-47(33-37-50)45-26-24-44(25-27-45)43-14-4-3-5-15-43)51-38-34-48(35-39-51)46-28-30-49(31-29-46)53-16-7-11-21-60(53)65-61-22-12-8-18-56(61)57-19-9-13-23-62(57)65/h3-42H,1-2H3. The van der Waals surface area contributed by atoms with E-state index in [0.29, 0.717) is 0 Å². The lowest BCUT2D eigenvalue weighted by Crippen LogP contribution is -2.16. The summed E-state index contributed by atoms with van der Waals surface area (Å²) in [5, 5.41) is 2.53. The maximum Gasteiger partial charge on any atom is 0.0541 e. The Labute approximate surface area is 381 Å². The van der Waals surface area contributed by atoms with Crippen LogP contribution in [0.2, 0.25) is 0 Å². The van der Waals surface area contributed by atoms with Crippen molar-refractivity contribution in [3.05, 3.63) is 254 Å². The fraction of sp³-hybridized carbons (Fsp3) is 0.0476. The van der Waals surface area contributed by atoms with Crippen LogP contribution in [0, 0.1) is 0 Å². The second-order valence-electron chi connectivity index (χ2n) is 17.7. The van der Waals surface area contributed by atoms with E-state index in [2.05, 4.69) is 266 Å². The molecule has 2 nitrogen and oxygen atoms in total. The van der Waals surface area contributed by atoms with Gasteiger partial charge in [0.2, 0.25) is 0 Å². The van der Waals surface area contributed by atoms with Gasteiger partial charge in [-0.2, -0.15) is 0 Å². The summed E-state index contributed by atoms with van der Waals surface area (Å²) >= 11 is 0. The Bertz CT molecular complexity index is 3470. The molecule has 0 amide bonds. The summed E-state index contributed by atoms with van der Waals surface area (Å²) in [7, 11) is 0. The largest absolute Gasteiger partial charge is 0.310 e. The van der Waals surface area contributed by atoms with Gasteiger partial charge in [0.15, 0.2) is 0 Å². The summed E-state index contributed by atoms with van der Waals surface area (Å²) in [4.78, 5) is 2.40. The van der Waals surface area contributed by atoms with Gasteiger partial charge in [0.25, 0.3) is 0 Å². The average Bonchev–Trinajstić information content (AvgIpc) is 3.83. The van der Waals surface area contributed by atoms with Crippen LogP contribution in [0.5, 0.6) is 0 Å². The van der Waals surface area contributed by atoms with Gasteiger partial charge in [0, 0.05) is 38.8 Å². The number of aromatic nitrogens is 1. The van der Waals surface area contributed by atoms with Crippen LogP contribution < -0.4 is 4.90 Å². The Hall–Kier alpha value is -8.20. The summed E-state index contributed by atoms with van der Waals surface area (Å²) in [6.07, 6.45) is 0. The molecule has 10 aromatic carbocycles. The first kappa shape index (κ1) is 38.5. The number of hydrogen-bond donors (Lipinski definition) is 0. The predicted octanol–water partition coefficient (Wildman–Crippen LogP) is 17.2. The monoisotopic (exact) mass is 830 g/mol. The number of benzene rings is 10. The van der Waals surface area contributed by atoms with E-state index >= 15 is 0 Å². The van der Waals surface area contributed by atoms with Gasteiger partial charge in [-0.3, -0.25) is 0 Å². The van der Waals surface area contributed by atoms with Gasteiger partial charge < -0.3 is 9.47 Å². The van der Waals surface area contributed by atoms with Crippen LogP contribution in [0.25, 0.3) is 83.1 Å². The second-order valence-corrected chi connectivity index (χ2v) is 17.7. The summed E-state index contributed by atoms with van der Waals surface area (Å²) in [5.41, 5.74) is 21.8. The van der Waals surface area contributed by atoms with E-state index in [4.69, 9.17) is 0 Å². The SMILES string of the molecule is CC1(C)c2ccccc2-c2ccc(N(c3ccc(-c4ccc(-c5ccccc5)cc4)cc3)c3ccc(-c4ccc(-c5ccccc5-n5c6ccccc6c6ccccc65)cc4)cc3)cc21. The zero-order valence-corrected chi connectivity index (χ0v) is 36.5. The molecule has 0 saturated carbocycles. The molecule has 308 valence electrons. The number of hydrogen-bond acceptors (Lipinski definition) is 1. The van der Waals surface area contributed by atoms with Gasteiger partial charge in [0.05, 0.1) is 16.7 Å². The van der Waals surface area contributed by atoms with Crippen molar-refractivity contribution in [3.8, 4) is 61.3 Å². The fourth-order valence-electron chi connectivity index (χ4n) is 10.3. The zero-order valence-electron chi connectivity index (χ0n) is 36.5. The molecule has 0 saturated heterocycles. The molecule has 0 fully saturated rings. The van der Waals surface area contributed by atoms with Crippen LogP contribution in [0.15, 0.2) is 243 Å². The summed E-state index contributed by atoms with van der Waals surface area (Å²) in [5.74, 6) is 0. The quantitative estimate of drug-likeness (QED) is 0.148. The molecule has 11 aromatic rings. The highest BCUT2D eigenvalue weighted by atomic mass is 15.1. The third-order valence-electron chi connectivity index (χ3n) is 13.7. The topological polar surface area (TPSA) is 8.17 Å². The molecule has 1 aromatic heterocycles. The van der Waals surface area contributed by atoms with Crippen molar-refractivity contribution in [2.45, 2.75) is 19.3 Å². The van der Waals surface area contributed by atoms with Crippen LogP contribution in [-0.4, -0.2) is 4.57 Å². The van der Waals surface area contributed by atoms with E-state index in [-0.39, 0.29) is 5.41 Å². The first-order valence-corrected chi connectivity index (χ1v) is 22.6. The molecule has 65 heavy (non-hydrogen) atoms. The van der Waals surface area contributed by atoms with Crippen molar-refractivity contribution in [2.75, 3.05) is 4.90 Å². The van der Waals surface area contributed by atoms with Crippen LogP contribution in [0.3, 0.4) is 0 Å². The number of anilines is 3. The second kappa shape index (κ2) is 15.6. The highest BCUT2D eigenvalue weighted by Gasteiger charge is 2.35.